The monoisotopic (exact) mass is 280 g/mol. The van der Waals surface area contributed by atoms with Gasteiger partial charge in [0.15, 0.2) is 0 Å². The van der Waals surface area contributed by atoms with E-state index in [0.717, 1.165) is 38.5 Å². The molecule has 0 saturated carbocycles. The maximum absolute atomic E-state index is 12.0. The van der Waals surface area contributed by atoms with Crippen LogP contribution in [0.15, 0.2) is 6.20 Å². The first-order valence-electron chi connectivity index (χ1n) is 6.36. The molecule has 1 saturated heterocycles. The Morgan fingerprint density at radius 1 is 1.45 bits per heavy atom. The molecule has 1 fully saturated rings. The highest BCUT2D eigenvalue weighted by Gasteiger charge is 2.20. The van der Waals surface area contributed by atoms with Crippen LogP contribution in [0.4, 0.5) is 17.5 Å². The molecule has 0 spiro atoms. The van der Waals surface area contributed by atoms with Crippen LogP contribution in [0.25, 0.3) is 0 Å². The molecule has 20 heavy (non-hydrogen) atoms. The number of nitro groups is 1. The Morgan fingerprint density at radius 2 is 2.15 bits per heavy atom. The van der Waals surface area contributed by atoms with Crippen LogP contribution in [0.3, 0.4) is 0 Å². The summed E-state index contributed by atoms with van der Waals surface area (Å²) >= 11 is 0. The number of rotatable bonds is 4. The summed E-state index contributed by atoms with van der Waals surface area (Å²) in [4.78, 5) is 31.2. The first-order chi connectivity index (χ1) is 9.58. The largest absolute Gasteiger partial charge is 0.368 e. The van der Waals surface area contributed by atoms with Crippen molar-refractivity contribution in [2.75, 3.05) is 30.7 Å². The Labute approximate surface area is 115 Å². The number of carbonyl (C=O) groups excluding carboxylic acids is 1. The van der Waals surface area contributed by atoms with Crippen molar-refractivity contribution in [3.05, 3.63) is 16.3 Å². The van der Waals surface area contributed by atoms with Gasteiger partial charge in [-0.25, -0.2) is 4.98 Å². The average Bonchev–Trinajstić information content (AvgIpc) is 2.45. The van der Waals surface area contributed by atoms with Gasteiger partial charge in [0.2, 0.25) is 17.7 Å². The second kappa shape index (κ2) is 6.13. The fraction of sp³-hybridized carbons (Fsp3) is 0.545. The normalized spacial score (nSPS) is 14.9. The van der Waals surface area contributed by atoms with Crippen LogP contribution in [0.2, 0.25) is 0 Å². The third-order valence-electron chi connectivity index (χ3n) is 3.10. The number of amides is 1. The molecule has 0 radical (unpaired) electrons. The standard InChI is InChI=1S/C11H16N6O3/c12-11-14-6-8(17(19)20)10(15-11)13-7-9(18)16-4-2-1-3-5-16/h6H,1-5,7H2,(H3,12,13,14,15). The minimum Gasteiger partial charge on any atom is -0.368 e. The van der Waals surface area contributed by atoms with Crippen LogP contribution in [-0.2, 0) is 4.79 Å². The highest BCUT2D eigenvalue weighted by molar-refractivity contribution is 5.81. The number of carbonyl (C=O) groups is 1. The summed E-state index contributed by atoms with van der Waals surface area (Å²) in [6, 6.07) is 0. The van der Waals surface area contributed by atoms with Gasteiger partial charge in [-0.3, -0.25) is 14.9 Å². The molecule has 2 heterocycles. The number of aromatic nitrogens is 2. The lowest BCUT2D eigenvalue weighted by molar-refractivity contribution is -0.384. The molecule has 1 aromatic heterocycles. The highest BCUT2D eigenvalue weighted by atomic mass is 16.6. The van der Waals surface area contributed by atoms with Crippen LogP contribution in [-0.4, -0.2) is 45.3 Å². The van der Waals surface area contributed by atoms with Crippen LogP contribution in [0, 0.1) is 10.1 Å². The van der Waals surface area contributed by atoms with Crippen LogP contribution in [0.1, 0.15) is 19.3 Å². The third kappa shape index (κ3) is 3.31. The minimum absolute atomic E-state index is 0.0344. The molecule has 1 amide bonds. The second-order valence-electron chi connectivity index (χ2n) is 4.51. The maximum Gasteiger partial charge on any atom is 0.329 e. The van der Waals surface area contributed by atoms with E-state index in [1.54, 1.807) is 4.90 Å². The molecule has 0 aliphatic carbocycles. The van der Waals surface area contributed by atoms with E-state index in [1.165, 1.54) is 0 Å². The number of piperidine rings is 1. The topological polar surface area (TPSA) is 127 Å². The van der Waals surface area contributed by atoms with Crippen molar-refractivity contribution in [1.82, 2.24) is 14.9 Å². The predicted molar refractivity (Wildman–Crippen MR) is 72.0 cm³/mol. The Bertz CT molecular complexity index is 515. The zero-order valence-electron chi connectivity index (χ0n) is 10.9. The van der Waals surface area contributed by atoms with Crippen molar-refractivity contribution in [1.29, 1.82) is 0 Å². The average molecular weight is 280 g/mol. The van der Waals surface area contributed by atoms with Gasteiger partial charge in [-0.15, -0.1) is 0 Å². The van der Waals surface area contributed by atoms with E-state index >= 15 is 0 Å². The van der Waals surface area contributed by atoms with Crippen molar-refractivity contribution in [3.63, 3.8) is 0 Å². The van der Waals surface area contributed by atoms with E-state index in [0.29, 0.717) is 0 Å². The molecular formula is C11H16N6O3. The van der Waals surface area contributed by atoms with Gasteiger partial charge in [0.25, 0.3) is 0 Å². The fourth-order valence-corrected chi connectivity index (χ4v) is 2.07. The molecule has 0 aromatic carbocycles. The van der Waals surface area contributed by atoms with Gasteiger partial charge in [0.1, 0.15) is 6.20 Å². The number of nitrogens with one attached hydrogen (secondary N) is 1. The lowest BCUT2D eigenvalue weighted by Crippen LogP contribution is -2.39. The summed E-state index contributed by atoms with van der Waals surface area (Å²) in [5, 5.41) is 13.5. The summed E-state index contributed by atoms with van der Waals surface area (Å²) in [5.41, 5.74) is 5.10. The Hall–Kier alpha value is -2.45. The van der Waals surface area contributed by atoms with Crippen LogP contribution >= 0.6 is 0 Å². The van der Waals surface area contributed by atoms with Crippen LogP contribution < -0.4 is 11.1 Å². The molecular weight excluding hydrogens is 264 g/mol. The Balaban J connectivity index is 2.01. The summed E-state index contributed by atoms with van der Waals surface area (Å²) in [7, 11) is 0. The first-order valence-corrected chi connectivity index (χ1v) is 6.36. The lowest BCUT2D eigenvalue weighted by atomic mass is 10.1. The maximum atomic E-state index is 12.0. The molecule has 2 rings (SSSR count). The zero-order chi connectivity index (χ0) is 14.5. The molecule has 9 nitrogen and oxygen atoms in total. The molecule has 0 atom stereocenters. The van der Waals surface area contributed by atoms with Crippen molar-refractivity contribution in [2.24, 2.45) is 0 Å². The summed E-state index contributed by atoms with van der Waals surface area (Å²) in [5.74, 6) is -0.215. The van der Waals surface area contributed by atoms with Crippen LogP contribution in [0.5, 0.6) is 0 Å². The number of likely N-dealkylation sites (tertiary alicyclic amines) is 1. The van der Waals surface area contributed by atoms with E-state index in [9.17, 15) is 14.9 Å². The van der Waals surface area contributed by atoms with Gasteiger partial charge < -0.3 is 16.0 Å². The van der Waals surface area contributed by atoms with E-state index in [1.807, 2.05) is 0 Å². The Morgan fingerprint density at radius 3 is 2.80 bits per heavy atom. The molecule has 1 aliphatic rings. The minimum atomic E-state index is -0.618. The highest BCUT2D eigenvalue weighted by Crippen LogP contribution is 2.20. The predicted octanol–water partition coefficient (Wildman–Crippen LogP) is 0.391. The van der Waals surface area contributed by atoms with Crippen molar-refractivity contribution in [2.45, 2.75) is 19.3 Å². The van der Waals surface area contributed by atoms with Gasteiger partial charge >= 0.3 is 5.69 Å². The molecule has 108 valence electrons. The summed E-state index contributed by atoms with van der Waals surface area (Å²) < 4.78 is 0. The van der Waals surface area contributed by atoms with Crippen molar-refractivity contribution < 1.29 is 9.72 Å². The Kier molecular flexibility index (Phi) is 4.28. The molecule has 0 unspecified atom stereocenters. The smallest absolute Gasteiger partial charge is 0.329 e. The number of nitrogens with zero attached hydrogens (tertiary/aromatic N) is 4. The zero-order valence-corrected chi connectivity index (χ0v) is 10.9. The summed E-state index contributed by atoms with van der Waals surface area (Å²) in [6.45, 7) is 1.42. The quantitative estimate of drug-likeness (QED) is 0.603. The summed E-state index contributed by atoms with van der Waals surface area (Å²) in [6.07, 6.45) is 4.14. The van der Waals surface area contributed by atoms with Gasteiger partial charge in [0.05, 0.1) is 11.5 Å². The number of anilines is 2. The number of nitrogens with two attached hydrogens (primary N) is 1. The molecule has 0 bridgehead atoms. The van der Waals surface area contributed by atoms with Crippen molar-refractivity contribution >= 4 is 23.4 Å². The van der Waals surface area contributed by atoms with Gasteiger partial charge in [-0.05, 0) is 19.3 Å². The lowest BCUT2D eigenvalue weighted by Gasteiger charge is -2.26. The SMILES string of the molecule is Nc1ncc([N+](=O)[O-])c(NCC(=O)N2CCCCC2)n1. The molecule has 1 aliphatic heterocycles. The van der Waals surface area contributed by atoms with Gasteiger partial charge in [-0.2, -0.15) is 4.98 Å². The van der Waals surface area contributed by atoms with Gasteiger partial charge in [0, 0.05) is 13.1 Å². The van der Waals surface area contributed by atoms with E-state index < -0.39 is 4.92 Å². The molecule has 3 N–H and O–H groups in total. The van der Waals surface area contributed by atoms with E-state index in [-0.39, 0.29) is 29.9 Å². The molecule has 1 aromatic rings. The van der Waals surface area contributed by atoms with E-state index in [4.69, 9.17) is 5.73 Å². The second-order valence-corrected chi connectivity index (χ2v) is 4.51. The number of nitrogen functional groups attached to an aromatic ring is 1. The van der Waals surface area contributed by atoms with Gasteiger partial charge in [-0.1, -0.05) is 0 Å². The fourth-order valence-electron chi connectivity index (χ4n) is 2.07. The molecule has 9 heteroatoms. The van der Waals surface area contributed by atoms with E-state index in [2.05, 4.69) is 15.3 Å². The first kappa shape index (κ1) is 14.0. The third-order valence-corrected chi connectivity index (χ3v) is 3.10. The number of hydrogen-bond donors (Lipinski definition) is 2. The number of hydrogen-bond acceptors (Lipinski definition) is 7. The van der Waals surface area contributed by atoms with Crippen molar-refractivity contribution in [3.8, 4) is 0 Å².